The second-order valence-corrected chi connectivity index (χ2v) is 5.50. The number of aryl methyl sites for hydroxylation is 1. The molecule has 7 heteroatoms. The first-order chi connectivity index (χ1) is 12.4. The van der Waals surface area contributed by atoms with Crippen LogP contribution in [-0.2, 0) is 9.53 Å². The maximum absolute atomic E-state index is 13.4. The van der Waals surface area contributed by atoms with Crippen molar-refractivity contribution < 1.29 is 23.5 Å². The molecule has 2 rings (SSSR count). The molecule has 0 bridgehead atoms. The Labute approximate surface area is 150 Å². The molecule has 0 aliphatic heterocycles. The van der Waals surface area contributed by atoms with Crippen molar-refractivity contribution in [3.8, 4) is 0 Å². The van der Waals surface area contributed by atoms with E-state index in [1.54, 1.807) is 44.2 Å². The summed E-state index contributed by atoms with van der Waals surface area (Å²) in [5.74, 6) is -2.25. The quantitative estimate of drug-likeness (QED) is 0.805. The van der Waals surface area contributed by atoms with Gasteiger partial charge in [-0.05, 0) is 31.5 Å². The number of esters is 1. The second kappa shape index (κ2) is 8.75. The molecular weight excluding hydrogens is 339 g/mol. The van der Waals surface area contributed by atoms with Gasteiger partial charge in [0.15, 0.2) is 0 Å². The molecule has 1 unspecified atom stereocenters. The largest absolute Gasteiger partial charge is 0.444 e. The summed E-state index contributed by atoms with van der Waals surface area (Å²) >= 11 is 0. The summed E-state index contributed by atoms with van der Waals surface area (Å²) in [6, 6.07) is 11.3. The van der Waals surface area contributed by atoms with Crippen molar-refractivity contribution in [1.29, 1.82) is 0 Å². The molecule has 0 aliphatic carbocycles. The SMILES string of the molecule is CCNC(=O)NC(=O)C(OC(=O)c1cc(F)ccc1C)c1ccccc1. The van der Waals surface area contributed by atoms with Gasteiger partial charge >= 0.3 is 12.0 Å². The molecular formula is C19H19FN2O4. The first-order valence-corrected chi connectivity index (χ1v) is 8.03. The first-order valence-electron chi connectivity index (χ1n) is 8.03. The lowest BCUT2D eigenvalue weighted by molar-refractivity contribution is -0.129. The Morgan fingerprint density at radius 3 is 2.46 bits per heavy atom. The van der Waals surface area contributed by atoms with Crippen molar-refractivity contribution in [2.24, 2.45) is 0 Å². The van der Waals surface area contributed by atoms with Crippen molar-refractivity contribution in [2.45, 2.75) is 20.0 Å². The van der Waals surface area contributed by atoms with Crippen molar-refractivity contribution in [3.63, 3.8) is 0 Å². The molecule has 0 fully saturated rings. The molecule has 3 amide bonds. The van der Waals surface area contributed by atoms with Crippen LogP contribution in [0.4, 0.5) is 9.18 Å². The van der Waals surface area contributed by atoms with Gasteiger partial charge in [-0.25, -0.2) is 14.0 Å². The number of rotatable bonds is 5. The van der Waals surface area contributed by atoms with Crippen molar-refractivity contribution in [3.05, 3.63) is 71.0 Å². The lowest BCUT2D eigenvalue weighted by Gasteiger charge is -2.18. The van der Waals surface area contributed by atoms with Crippen LogP contribution in [0.15, 0.2) is 48.5 Å². The average molecular weight is 358 g/mol. The van der Waals surface area contributed by atoms with Gasteiger partial charge in [-0.15, -0.1) is 0 Å². The van der Waals surface area contributed by atoms with Crippen LogP contribution in [0, 0.1) is 12.7 Å². The van der Waals surface area contributed by atoms with Gasteiger partial charge in [0.05, 0.1) is 5.56 Å². The fourth-order valence-corrected chi connectivity index (χ4v) is 2.27. The summed E-state index contributed by atoms with van der Waals surface area (Å²) in [6.07, 6.45) is -1.35. The predicted octanol–water partition coefficient (Wildman–Crippen LogP) is 2.88. The summed E-state index contributed by atoms with van der Waals surface area (Å²) in [5, 5.41) is 4.55. The van der Waals surface area contributed by atoms with E-state index in [1.807, 2.05) is 0 Å². The van der Waals surface area contributed by atoms with E-state index in [1.165, 1.54) is 12.1 Å². The summed E-state index contributed by atoms with van der Waals surface area (Å²) < 4.78 is 18.7. The molecule has 2 N–H and O–H groups in total. The minimum Gasteiger partial charge on any atom is -0.444 e. The third kappa shape index (κ3) is 4.89. The standard InChI is InChI=1S/C19H19FN2O4/c1-3-21-19(25)22-17(23)16(13-7-5-4-6-8-13)26-18(24)15-11-14(20)10-9-12(15)2/h4-11,16H,3H2,1-2H3,(H2,21,22,23,25). The number of amides is 3. The van der Waals surface area contributed by atoms with Crippen LogP contribution < -0.4 is 10.6 Å². The Balaban J connectivity index is 2.27. The van der Waals surface area contributed by atoms with E-state index in [-0.39, 0.29) is 5.56 Å². The molecule has 0 spiro atoms. The van der Waals surface area contributed by atoms with Crippen LogP contribution in [0.5, 0.6) is 0 Å². The van der Waals surface area contributed by atoms with E-state index in [0.29, 0.717) is 17.7 Å². The van der Waals surface area contributed by atoms with Crippen LogP contribution in [0.25, 0.3) is 0 Å². The van der Waals surface area contributed by atoms with Gasteiger partial charge in [-0.3, -0.25) is 10.1 Å². The van der Waals surface area contributed by atoms with Gasteiger partial charge < -0.3 is 10.1 Å². The highest BCUT2D eigenvalue weighted by Crippen LogP contribution is 2.21. The molecule has 2 aromatic carbocycles. The Kier molecular flexibility index (Phi) is 6.43. The number of nitrogens with one attached hydrogen (secondary N) is 2. The van der Waals surface area contributed by atoms with E-state index in [0.717, 1.165) is 6.07 Å². The molecule has 0 saturated heterocycles. The predicted molar refractivity (Wildman–Crippen MR) is 93.0 cm³/mol. The van der Waals surface area contributed by atoms with Gasteiger partial charge in [0.1, 0.15) is 5.82 Å². The fraction of sp³-hybridized carbons (Fsp3) is 0.211. The molecule has 0 radical (unpaired) electrons. The van der Waals surface area contributed by atoms with E-state index in [9.17, 15) is 18.8 Å². The number of hydrogen-bond donors (Lipinski definition) is 2. The highest BCUT2D eigenvalue weighted by atomic mass is 19.1. The summed E-state index contributed by atoms with van der Waals surface area (Å²) in [7, 11) is 0. The topological polar surface area (TPSA) is 84.5 Å². The Morgan fingerprint density at radius 1 is 1.12 bits per heavy atom. The highest BCUT2D eigenvalue weighted by molar-refractivity contribution is 5.99. The number of carbonyl (C=O) groups excluding carboxylic acids is 3. The molecule has 136 valence electrons. The number of imide groups is 1. The van der Waals surface area contributed by atoms with E-state index in [4.69, 9.17) is 4.74 Å². The highest BCUT2D eigenvalue weighted by Gasteiger charge is 2.27. The third-order valence-corrected chi connectivity index (χ3v) is 3.56. The molecule has 0 aliphatic rings. The monoisotopic (exact) mass is 358 g/mol. The Hall–Kier alpha value is -3.22. The van der Waals surface area contributed by atoms with Crippen molar-refractivity contribution >= 4 is 17.9 Å². The first kappa shape index (κ1) is 19.1. The number of carbonyl (C=O) groups is 3. The summed E-state index contributed by atoms with van der Waals surface area (Å²) in [6.45, 7) is 3.66. The van der Waals surface area contributed by atoms with E-state index < -0.39 is 29.8 Å². The van der Waals surface area contributed by atoms with Gasteiger partial charge in [0.25, 0.3) is 5.91 Å². The second-order valence-electron chi connectivity index (χ2n) is 5.50. The minimum absolute atomic E-state index is 0.0109. The normalized spacial score (nSPS) is 11.3. The Morgan fingerprint density at radius 2 is 1.81 bits per heavy atom. The molecule has 2 aromatic rings. The zero-order valence-electron chi connectivity index (χ0n) is 14.4. The Bertz CT molecular complexity index is 808. The van der Waals surface area contributed by atoms with E-state index >= 15 is 0 Å². The fourth-order valence-electron chi connectivity index (χ4n) is 2.27. The number of hydrogen-bond acceptors (Lipinski definition) is 4. The van der Waals surface area contributed by atoms with Crippen LogP contribution in [0.3, 0.4) is 0 Å². The zero-order chi connectivity index (χ0) is 19.1. The molecule has 6 nitrogen and oxygen atoms in total. The van der Waals surface area contributed by atoms with E-state index in [2.05, 4.69) is 10.6 Å². The van der Waals surface area contributed by atoms with Gasteiger partial charge in [0.2, 0.25) is 6.10 Å². The molecule has 0 saturated carbocycles. The minimum atomic E-state index is -1.35. The smallest absolute Gasteiger partial charge is 0.339 e. The maximum Gasteiger partial charge on any atom is 0.339 e. The van der Waals surface area contributed by atoms with Crippen molar-refractivity contribution in [1.82, 2.24) is 10.6 Å². The van der Waals surface area contributed by atoms with Crippen molar-refractivity contribution in [2.75, 3.05) is 6.54 Å². The lowest BCUT2D eigenvalue weighted by atomic mass is 10.1. The third-order valence-electron chi connectivity index (χ3n) is 3.56. The van der Waals surface area contributed by atoms with Crippen LogP contribution in [0.2, 0.25) is 0 Å². The molecule has 0 heterocycles. The zero-order valence-corrected chi connectivity index (χ0v) is 14.4. The maximum atomic E-state index is 13.4. The average Bonchev–Trinajstić information content (AvgIpc) is 2.62. The number of ether oxygens (including phenoxy) is 1. The van der Waals surface area contributed by atoms with Gasteiger partial charge in [-0.2, -0.15) is 0 Å². The molecule has 26 heavy (non-hydrogen) atoms. The number of halogens is 1. The van der Waals surface area contributed by atoms with Crippen LogP contribution in [-0.4, -0.2) is 24.5 Å². The number of benzene rings is 2. The summed E-state index contributed by atoms with van der Waals surface area (Å²) in [4.78, 5) is 36.5. The number of urea groups is 1. The van der Waals surface area contributed by atoms with Crippen LogP contribution in [0.1, 0.15) is 34.5 Å². The van der Waals surface area contributed by atoms with Crippen LogP contribution >= 0.6 is 0 Å². The summed E-state index contributed by atoms with van der Waals surface area (Å²) in [5.41, 5.74) is 0.904. The van der Waals surface area contributed by atoms with Gasteiger partial charge in [-0.1, -0.05) is 36.4 Å². The lowest BCUT2D eigenvalue weighted by Crippen LogP contribution is -2.42. The molecule has 0 aromatic heterocycles. The molecule has 1 atom stereocenters. The van der Waals surface area contributed by atoms with Gasteiger partial charge in [0, 0.05) is 12.1 Å².